The van der Waals surface area contributed by atoms with E-state index in [9.17, 15) is 23.1 Å². The third kappa shape index (κ3) is 13.3. The summed E-state index contributed by atoms with van der Waals surface area (Å²) in [6.45, 7) is 2.68. The predicted molar refractivity (Wildman–Crippen MR) is 113 cm³/mol. The smallest absolute Gasteiger partial charge is 0.549 e. The second kappa shape index (κ2) is 16.7. The molecule has 0 saturated heterocycles. The second-order valence-corrected chi connectivity index (χ2v) is 9.05. The maximum absolute atomic E-state index is 11.8. The minimum Gasteiger partial charge on any atom is -0.549 e. The molecule has 0 aliphatic rings. The van der Waals surface area contributed by atoms with Crippen LogP contribution in [0.15, 0.2) is 29.2 Å². The van der Waals surface area contributed by atoms with Gasteiger partial charge in [0.05, 0.1) is 4.90 Å². The number of hydrogen-bond acceptors (Lipinski definition) is 5. The van der Waals surface area contributed by atoms with E-state index in [2.05, 4.69) is 12.2 Å². The minimum absolute atomic E-state index is 0. The number of carbonyl (C=O) groups is 2. The van der Waals surface area contributed by atoms with Crippen LogP contribution in [0.25, 0.3) is 0 Å². The van der Waals surface area contributed by atoms with Crippen molar-refractivity contribution in [2.45, 2.75) is 88.4 Å². The first-order valence-corrected chi connectivity index (χ1v) is 12.2. The second-order valence-electron chi connectivity index (χ2n) is 7.63. The molecule has 1 unspecified atom stereocenters. The third-order valence-electron chi connectivity index (χ3n) is 5.11. The summed E-state index contributed by atoms with van der Waals surface area (Å²) in [5.74, 6) is -2.08. The summed E-state index contributed by atoms with van der Waals surface area (Å²) >= 11 is 0. The molecule has 0 bridgehead atoms. The molecule has 1 aromatic rings. The van der Waals surface area contributed by atoms with E-state index in [0.717, 1.165) is 12.8 Å². The van der Waals surface area contributed by atoms with Gasteiger partial charge in [-0.05, 0) is 37.0 Å². The Morgan fingerprint density at radius 1 is 0.968 bits per heavy atom. The Labute approximate surface area is 208 Å². The van der Waals surface area contributed by atoms with Crippen molar-refractivity contribution >= 4 is 22.0 Å². The summed E-state index contributed by atoms with van der Waals surface area (Å²) in [5.41, 5.74) is 0.422. The van der Waals surface area contributed by atoms with Crippen molar-refractivity contribution in [2.75, 3.05) is 6.54 Å². The van der Waals surface area contributed by atoms with Crippen LogP contribution in [-0.4, -0.2) is 31.4 Å². The Hall–Kier alpha value is -0.930. The number of rotatable bonds is 16. The predicted octanol–water partition coefficient (Wildman–Crippen LogP) is 0.198. The molecule has 1 rings (SSSR count). The van der Waals surface area contributed by atoms with E-state index >= 15 is 0 Å². The van der Waals surface area contributed by atoms with Gasteiger partial charge >= 0.3 is 29.6 Å². The number of unbranched alkanes of at least 4 members (excludes halogenated alkanes) is 7. The zero-order valence-electron chi connectivity index (χ0n) is 18.8. The number of carbonyl (C=O) groups excluding carboxylic acids is 2. The third-order valence-corrected chi connectivity index (χ3v) is 5.98. The van der Waals surface area contributed by atoms with Crippen LogP contribution in [0.2, 0.25) is 0 Å². The first kappa shape index (κ1) is 30.1. The molecular formula is C22H34NNaO6S. The van der Waals surface area contributed by atoms with Gasteiger partial charge in [-0.15, -0.1) is 0 Å². The number of carboxylic acid groups (broad SMARTS) is 1. The maximum Gasteiger partial charge on any atom is 1.00 e. The molecule has 0 aliphatic carbocycles. The van der Waals surface area contributed by atoms with Gasteiger partial charge in [-0.1, -0.05) is 64.0 Å². The van der Waals surface area contributed by atoms with Crippen molar-refractivity contribution in [3.8, 4) is 0 Å². The molecule has 7 nitrogen and oxygen atoms in total. The standard InChI is InChI=1S/C22H35NO6S.Na/c1-2-3-4-5-6-7-8-12-21(24)23-17-10-9-11-20(22(25)26)18-13-15-19(16-14-18)30(27,28)29;/h13-16,20H,2-12,17H2,1H3,(H,23,24)(H,25,26)(H,27,28,29);/q;+1/p-1. The van der Waals surface area contributed by atoms with Crippen LogP contribution in [-0.2, 0) is 19.7 Å². The van der Waals surface area contributed by atoms with E-state index in [-0.39, 0.29) is 40.4 Å². The number of benzene rings is 1. The van der Waals surface area contributed by atoms with Gasteiger partial charge in [0.25, 0.3) is 10.1 Å². The van der Waals surface area contributed by atoms with Crippen molar-refractivity contribution < 1.29 is 57.2 Å². The van der Waals surface area contributed by atoms with Gasteiger partial charge in [-0.3, -0.25) is 9.35 Å². The fraction of sp³-hybridized carbons (Fsp3) is 0.636. The molecule has 1 amide bonds. The van der Waals surface area contributed by atoms with Gasteiger partial charge in [-0.25, -0.2) is 0 Å². The van der Waals surface area contributed by atoms with E-state index in [1.807, 2.05) is 0 Å². The Bertz CT molecular complexity index is 752. The van der Waals surface area contributed by atoms with Crippen molar-refractivity contribution in [1.29, 1.82) is 0 Å². The van der Waals surface area contributed by atoms with Gasteiger partial charge in [0.1, 0.15) is 0 Å². The van der Waals surface area contributed by atoms with Crippen LogP contribution in [0.4, 0.5) is 0 Å². The van der Waals surface area contributed by atoms with E-state index in [1.165, 1.54) is 56.4 Å². The zero-order chi connectivity index (χ0) is 22.4. The molecule has 0 aromatic heterocycles. The summed E-state index contributed by atoms with van der Waals surface area (Å²) in [5, 5.41) is 14.3. The molecule has 31 heavy (non-hydrogen) atoms. The minimum atomic E-state index is -4.32. The molecule has 0 radical (unpaired) electrons. The van der Waals surface area contributed by atoms with Crippen LogP contribution < -0.4 is 40.0 Å². The number of aliphatic carboxylic acids is 1. The van der Waals surface area contributed by atoms with Crippen molar-refractivity contribution in [1.82, 2.24) is 5.32 Å². The molecule has 170 valence electrons. The Morgan fingerprint density at radius 2 is 1.55 bits per heavy atom. The summed E-state index contributed by atoms with van der Waals surface area (Å²) < 4.78 is 31.1. The molecule has 0 spiro atoms. The van der Waals surface area contributed by atoms with Crippen LogP contribution in [0, 0.1) is 0 Å². The fourth-order valence-electron chi connectivity index (χ4n) is 3.33. The van der Waals surface area contributed by atoms with Crippen LogP contribution in [0.3, 0.4) is 0 Å². The van der Waals surface area contributed by atoms with Crippen molar-refractivity contribution in [3.05, 3.63) is 29.8 Å². The molecular weight excluding hydrogens is 429 g/mol. The fourth-order valence-corrected chi connectivity index (χ4v) is 3.81. The topological polar surface area (TPSA) is 124 Å². The van der Waals surface area contributed by atoms with Crippen LogP contribution in [0.5, 0.6) is 0 Å². The van der Waals surface area contributed by atoms with E-state index in [4.69, 9.17) is 4.55 Å². The normalized spacial score (nSPS) is 12.1. The molecule has 1 atom stereocenters. The van der Waals surface area contributed by atoms with E-state index in [0.29, 0.717) is 37.8 Å². The number of nitrogens with one attached hydrogen (secondary N) is 1. The summed E-state index contributed by atoms with van der Waals surface area (Å²) in [6.07, 6.45) is 10.2. The summed E-state index contributed by atoms with van der Waals surface area (Å²) in [7, 11) is -4.32. The Balaban J connectivity index is 0.00000900. The number of amides is 1. The van der Waals surface area contributed by atoms with E-state index < -0.39 is 22.0 Å². The molecule has 2 N–H and O–H groups in total. The Morgan fingerprint density at radius 3 is 2.10 bits per heavy atom. The van der Waals surface area contributed by atoms with Crippen LogP contribution in [0.1, 0.15) is 89.0 Å². The largest absolute Gasteiger partial charge is 1.00 e. The number of hydrogen-bond donors (Lipinski definition) is 2. The zero-order valence-corrected chi connectivity index (χ0v) is 21.6. The van der Waals surface area contributed by atoms with Gasteiger partial charge < -0.3 is 15.2 Å². The summed E-state index contributed by atoms with van der Waals surface area (Å²) in [6, 6.07) is 5.08. The van der Waals surface area contributed by atoms with Gasteiger partial charge in [0.15, 0.2) is 0 Å². The van der Waals surface area contributed by atoms with Gasteiger partial charge in [0.2, 0.25) is 5.91 Å². The van der Waals surface area contributed by atoms with Crippen molar-refractivity contribution in [3.63, 3.8) is 0 Å². The van der Waals surface area contributed by atoms with Gasteiger partial charge in [0, 0.05) is 24.9 Å². The van der Waals surface area contributed by atoms with Gasteiger partial charge in [-0.2, -0.15) is 8.42 Å². The molecule has 0 aliphatic heterocycles. The van der Waals surface area contributed by atoms with Crippen molar-refractivity contribution in [2.24, 2.45) is 0 Å². The number of carboxylic acids is 1. The maximum atomic E-state index is 11.8. The molecule has 9 heteroatoms. The Kier molecular flexibility index (Phi) is 16.2. The SMILES string of the molecule is CCCCCCCCCC(=O)NCCCCC(C(=O)[O-])c1ccc(S(=O)(=O)O)cc1.[Na+]. The molecule has 0 saturated carbocycles. The average Bonchev–Trinajstić information content (AvgIpc) is 2.69. The first-order chi connectivity index (χ1) is 14.3. The average molecular weight is 464 g/mol. The first-order valence-electron chi connectivity index (χ1n) is 10.8. The van der Waals surface area contributed by atoms with E-state index in [1.54, 1.807) is 0 Å². The molecule has 0 fully saturated rings. The quantitative estimate of drug-likeness (QED) is 0.205. The monoisotopic (exact) mass is 463 g/mol. The van der Waals surface area contributed by atoms with Crippen LogP contribution >= 0.6 is 0 Å². The molecule has 1 aromatic carbocycles. The molecule has 0 heterocycles. The summed E-state index contributed by atoms with van der Waals surface area (Å²) in [4.78, 5) is 23.0.